The molecule has 3 rings (SSSR count). The molecule has 0 aliphatic carbocycles. The summed E-state index contributed by atoms with van der Waals surface area (Å²) in [6.45, 7) is 14.0. The summed E-state index contributed by atoms with van der Waals surface area (Å²) in [4.78, 5) is 8.75. The number of rotatable bonds is 3. The average molecular weight is 367 g/mol. The highest BCUT2D eigenvalue weighted by molar-refractivity contribution is 5.51. The maximum Gasteiger partial charge on any atom is 0.149 e. The first-order valence-corrected chi connectivity index (χ1v) is 9.63. The molecule has 26 heavy (non-hydrogen) atoms. The van der Waals surface area contributed by atoms with Crippen molar-refractivity contribution < 1.29 is 8.78 Å². The number of hydrogen-bond donors (Lipinski definition) is 0. The Labute approximate surface area is 156 Å². The van der Waals surface area contributed by atoms with Gasteiger partial charge in [-0.2, -0.15) is 0 Å². The molecule has 2 heterocycles. The lowest BCUT2D eigenvalue weighted by Crippen LogP contribution is -2.53. The monoisotopic (exact) mass is 366 g/mol. The molecule has 6 heteroatoms. The summed E-state index contributed by atoms with van der Waals surface area (Å²) in [6, 6.07) is 3.04. The van der Waals surface area contributed by atoms with E-state index in [0.717, 1.165) is 44.8 Å². The Kier molecular flexibility index (Phi) is 5.85. The molecule has 0 radical (unpaired) electrons. The first kappa shape index (κ1) is 19.5. The lowest BCUT2D eigenvalue weighted by atomic mass is 10.0. The van der Waals surface area contributed by atoms with Gasteiger partial charge in [-0.25, -0.2) is 8.78 Å². The third kappa shape index (κ3) is 4.53. The Morgan fingerprint density at radius 1 is 0.846 bits per heavy atom. The lowest BCUT2D eigenvalue weighted by molar-refractivity contribution is 0.128. The quantitative estimate of drug-likeness (QED) is 0.815. The molecule has 0 unspecified atom stereocenters. The Hall–Kier alpha value is -1.24. The van der Waals surface area contributed by atoms with E-state index >= 15 is 0 Å². The van der Waals surface area contributed by atoms with Gasteiger partial charge in [-0.05, 0) is 45.5 Å². The van der Waals surface area contributed by atoms with Gasteiger partial charge in [0, 0.05) is 64.4 Å². The predicted molar refractivity (Wildman–Crippen MR) is 103 cm³/mol. The molecule has 0 aromatic heterocycles. The van der Waals surface area contributed by atoms with E-state index in [1.54, 1.807) is 0 Å². The first-order chi connectivity index (χ1) is 12.2. The topological polar surface area (TPSA) is 13.0 Å². The third-order valence-electron chi connectivity index (χ3n) is 5.62. The minimum absolute atomic E-state index is 0.0928. The van der Waals surface area contributed by atoms with E-state index in [1.165, 1.54) is 12.1 Å². The first-order valence-electron chi connectivity index (χ1n) is 9.63. The molecular formula is C20H32F2N4. The molecule has 1 aromatic carbocycles. The van der Waals surface area contributed by atoms with Crippen LogP contribution in [0.1, 0.15) is 26.3 Å². The summed E-state index contributed by atoms with van der Waals surface area (Å²) >= 11 is 0. The summed E-state index contributed by atoms with van der Waals surface area (Å²) < 4.78 is 29.4. The molecule has 0 atom stereocenters. The number of hydrogen-bond acceptors (Lipinski definition) is 4. The lowest BCUT2D eigenvalue weighted by Gasteiger charge is -2.43. The van der Waals surface area contributed by atoms with Crippen LogP contribution in [0.3, 0.4) is 0 Å². The highest BCUT2D eigenvalue weighted by Crippen LogP contribution is 2.28. The van der Waals surface area contributed by atoms with Crippen LogP contribution in [-0.2, 0) is 6.54 Å². The van der Waals surface area contributed by atoms with Crippen molar-refractivity contribution in [2.75, 3.05) is 64.3 Å². The van der Waals surface area contributed by atoms with Crippen LogP contribution in [0.15, 0.2) is 12.1 Å². The molecule has 146 valence electrons. The number of piperazine rings is 2. The van der Waals surface area contributed by atoms with Crippen LogP contribution < -0.4 is 4.90 Å². The van der Waals surface area contributed by atoms with Crippen LogP contribution in [0.5, 0.6) is 0 Å². The van der Waals surface area contributed by atoms with E-state index < -0.39 is 11.6 Å². The minimum Gasteiger partial charge on any atom is -0.364 e. The molecule has 2 aliphatic heterocycles. The van der Waals surface area contributed by atoms with Crippen LogP contribution in [-0.4, -0.2) is 79.6 Å². The van der Waals surface area contributed by atoms with Crippen molar-refractivity contribution in [3.63, 3.8) is 0 Å². The van der Waals surface area contributed by atoms with Gasteiger partial charge < -0.3 is 9.80 Å². The fourth-order valence-electron chi connectivity index (χ4n) is 3.88. The van der Waals surface area contributed by atoms with Gasteiger partial charge in [-0.3, -0.25) is 9.80 Å². The number of anilines is 1. The van der Waals surface area contributed by atoms with Gasteiger partial charge in [-0.1, -0.05) is 0 Å². The highest BCUT2D eigenvalue weighted by atomic mass is 19.1. The van der Waals surface area contributed by atoms with E-state index in [0.29, 0.717) is 19.6 Å². The van der Waals surface area contributed by atoms with Crippen LogP contribution >= 0.6 is 0 Å². The molecule has 2 saturated heterocycles. The SMILES string of the molecule is CN1CCN(Cc2cc(F)c(N3CCN(C(C)(C)C)CC3)c(F)c2)CC1. The molecule has 0 saturated carbocycles. The van der Waals surface area contributed by atoms with E-state index in [-0.39, 0.29) is 11.2 Å². The number of benzene rings is 1. The molecular weight excluding hydrogens is 334 g/mol. The van der Waals surface area contributed by atoms with E-state index in [1.807, 2.05) is 4.90 Å². The van der Waals surface area contributed by atoms with Crippen LogP contribution in [0, 0.1) is 11.6 Å². The Bertz CT molecular complexity index is 590. The Morgan fingerprint density at radius 2 is 1.38 bits per heavy atom. The van der Waals surface area contributed by atoms with Gasteiger partial charge in [0.2, 0.25) is 0 Å². The van der Waals surface area contributed by atoms with Gasteiger partial charge >= 0.3 is 0 Å². The Balaban J connectivity index is 1.66. The number of nitrogens with zero attached hydrogens (tertiary/aromatic N) is 4. The van der Waals surface area contributed by atoms with Crippen molar-refractivity contribution in [2.24, 2.45) is 0 Å². The van der Waals surface area contributed by atoms with E-state index in [9.17, 15) is 8.78 Å². The van der Waals surface area contributed by atoms with Crippen molar-refractivity contribution in [1.82, 2.24) is 14.7 Å². The second kappa shape index (κ2) is 7.79. The molecule has 0 bridgehead atoms. The fraction of sp³-hybridized carbons (Fsp3) is 0.700. The zero-order valence-corrected chi connectivity index (χ0v) is 16.6. The van der Waals surface area contributed by atoms with Crippen molar-refractivity contribution >= 4 is 5.69 Å². The van der Waals surface area contributed by atoms with Gasteiger partial charge in [-0.15, -0.1) is 0 Å². The zero-order valence-electron chi connectivity index (χ0n) is 16.6. The molecule has 2 aliphatic rings. The number of likely N-dealkylation sites (N-methyl/N-ethyl adjacent to an activating group) is 1. The zero-order chi connectivity index (χ0) is 18.9. The summed E-state index contributed by atoms with van der Waals surface area (Å²) in [5.41, 5.74) is 0.956. The van der Waals surface area contributed by atoms with Gasteiger partial charge in [0.15, 0.2) is 0 Å². The Morgan fingerprint density at radius 3 is 1.88 bits per heavy atom. The molecule has 0 N–H and O–H groups in total. The molecule has 4 nitrogen and oxygen atoms in total. The standard InChI is InChI=1S/C20H32F2N4/c1-20(2,3)26-11-9-25(10-12-26)19-17(21)13-16(14-18(19)22)15-24-7-5-23(4)6-8-24/h13-14H,5-12,15H2,1-4H3. The van der Waals surface area contributed by atoms with Gasteiger partial charge in [0.25, 0.3) is 0 Å². The predicted octanol–water partition coefficient (Wildman–Crippen LogP) is 2.63. The minimum atomic E-state index is -0.432. The van der Waals surface area contributed by atoms with E-state index in [2.05, 4.69) is 42.5 Å². The van der Waals surface area contributed by atoms with E-state index in [4.69, 9.17) is 0 Å². The maximum absolute atomic E-state index is 14.7. The van der Waals surface area contributed by atoms with Crippen LogP contribution in [0.25, 0.3) is 0 Å². The molecule has 0 spiro atoms. The van der Waals surface area contributed by atoms with Crippen molar-refractivity contribution in [2.45, 2.75) is 32.9 Å². The average Bonchev–Trinajstić information content (AvgIpc) is 2.56. The van der Waals surface area contributed by atoms with Gasteiger partial charge in [0.1, 0.15) is 17.3 Å². The second-order valence-corrected chi connectivity index (χ2v) is 8.63. The van der Waals surface area contributed by atoms with Crippen LogP contribution in [0.4, 0.5) is 14.5 Å². The van der Waals surface area contributed by atoms with Crippen molar-refractivity contribution in [1.29, 1.82) is 0 Å². The smallest absolute Gasteiger partial charge is 0.149 e. The van der Waals surface area contributed by atoms with Crippen molar-refractivity contribution in [3.8, 4) is 0 Å². The fourth-order valence-corrected chi connectivity index (χ4v) is 3.88. The van der Waals surface area contributed by atoms with Gasteiger partial charge in [0.05, 0.1) is 0 Å². The third-order valence-corrected chi connectivity index (χ3v) is 5.62. The van der Waals surface area contributed by atoms with Crippen molar-refractivity contribution in [3.05, 3.63) is 29.3 Å². The largest absolute Gasteiger partial charge is 0.364 e. The molecule has 0 amide bonds. The summed E-state index contributed by atoms with van der Waals surface area (Å²) in [5.74, 6) is -0.864. The summed E-state index contributed by atoms with van der Waals surface area (Å²) in [5, 5.41) is 0. The molecule has 2 fully saturated rings. The summed E-state index contributed by atoms with van der Waals surface area (Å²) in [6.07, 6.45) is 0. The molecule has 1 aromatic rings. The summed E-state index contributed by atoms with van der Waals surface area (Å²) in [7, 11) is 2.10. The number of halogens is 2. The normalized spacial score (nSPS) is 21.4. The second-order valence-electron chi connectivity index (χ2n) is 8.63. The highest BCUT2D eigenvalue weighted by Gasteiger charge is 2.28. The maximum atomic E-state index is 14.7. The van der Waals surface area contributed by atoms with Crippen LogP contribution in [0.2, 0.25) is 0 Å².